The first-order valence-corrected chi connectivity index (χ1v) is 4.89. The van der Waals surface area contributed by atoms with Gasteiger partial charge in [0.05, 0.1) is 11.6 Å². The molecule has 2 aromatic rings. The average Bonchev–Trinajstić information content (AvgIpc) is 2.98. The summed E-state index contributed by atoms with van der Waals surface area (Å²) in [7, 11) is 0. The van der Waals surface area contributed by atoms with E-state index in [1.54, 1.807) is 0 Å². The zero-order chi connectivity index (χ0) is 9.54. The highest BCUT2D eigenvalue weighted by Gasteiger charge is 2.25. The van der Waals surface area contributed by atoms with Gasteiger partial charge in [-0.15, -0.1) is 0 Å². The first kappa shape index (κ1) is 7.64. The van der Waals surface area contributed by atoms with Crippen LogP contribution in [0.3, 0.4) is 0 Å². The first-order chi connectivity index (χ1) is 6.88. The topological polar surface area (TPSA) is 39.6 Å². The van der Waals surface area contributed by atoms with E-state index in [4.69, 9.17) is 5.26 Å². The maximum absolute atomic E-state index is 8.82. The highest BCUT2D eigenvalue weighted by Crippen LogP contribution is 2.43. The van der Waals surface area contributed by atoms with Crippen LogP contribution in [0, 0.1) is 11.3 Å². The molecule has 2 heteroatoms. The molecule has 0 aliphatic heterocycles. The van der Waals surface area contributed by atoms with Crippen LogP contribution >= 0.6 is 0 Å². The molecular formula is C12H10N2. The molecule has 0 saturated heterocycles. The van der Waals surface area contributed by atoms with E-state index in [9.17, 15) is 0 Å². The second-order valence-corrected chi connectivity index (χ2v) is 3.89. The monoisotopic (exact) mass is 182 g/mol. The summed E-state index contributed by atoms with van der Waals surface area (Å²) in [5.41, 5.74) is 3.28. The van der Waals surface area contributed by atoms with Gasteiger partial charge in [-0.3, -0.25) is 0 Å². The van der Waals surface area contributed by atoms with E-state index >= 15 is 0 Å². The molecule has 68 valence electrons. The van der Waals surface area contributed by atoms with Gasteiger partial charge in [0.1, 0.15) is 0 Å². The minimum absolute atomic E-state index is 0.734. The lowest BCUT2D eigenvalue weighted by Crippen LogP contribution is -1.77. The second-order valence-electron chi connectivity index (χ2n) is 3.89. The normalized spacial score (nSPS) is 15.6. The van der Waals surface area contributed by atoms with Gasteiger partial charge in [0.25, 0.3) is 0 Å². The molecule has 1 fully saturated rings. The predicted molar refractivity (Wildman–Crippen MR) is 55.0 cm³/mol. The molecule has 0 atom stereocenters. The van der Waals surface area contributed by atoms with E-state index in [1.807, 2.05) is 18.2 Å². The van der Waals surface area contributed by atoms with Crippen molar-refractivity contribution in [1.29, 1.82) is 5.26 Å². The number of nitriles is 1. The molecule has 3 rings (SSSR count). The predicted octanol–water partition coefficient (Wildman–Crippen LogP) is 2.92. The van der Waals surface area contributed by atoms with Crippen molar-refractivity contribution < 1.29 is 0 Å². The van der Waals surface area contributed by atoms with Gasteiger partial charge in [-0.05, 0) is 42.5 Å². The lowest BCUT2D eigenvalue weighted by Gasteiger charge is -1.95. The van der Waals surface area contributed by atoms with E-state index < -0.39 is 0 Å². The quantitative estimate of drug-likeness (QED) is 0.723. The highest BCUT2D eigenvalue weighted by atomic mass is 14.7. The van der Waals surface area contributed by atoms with Gasteiger partial charge in [0, 0.05) is 17.1 Å². The summed E-state index contributed by atoms with van der Waals surface area (Å²) in [6, 6.07) is 8.01. The number of H-pyrrole nitrogens is 1. The van der Waals surface area contributed by atoms with Crippen LogP contribution in [0.4, 0.5) is 0 Å². The number of rotatable bonds is 1. The largest absolute Gasteiger partial charge is 0.361 e. The Morgan fingerprint density at radius 2 is 2.21 bits per heavy atom. The minimum Gasteiger partial charge on any atom is -0.361 e. The molecule has 0 spiro atoms. The fourth-order valence-electron chi connectivity index (χ4n) is 1.94. The standard InChI is InChI=1S/C12H10N2/c13-6-8-1-4-12-10(5-8)11(7-14-12)9-2-3-9/h1,4-5,7,9,14H,2-3H2. The third-order valence-electron chi connectivity index (χ3n) is 2.86. The minimum atomic E-state index is 0.734. The molecular weight excluding hydrogens is 172 g/mol. The van der Waals surface area contributed by atoms with Crippen LogP contribution in [0.25, 0.3) is 10.9 Å². The molecule has 0 amide bonds. The lowest BCUT2D eigenvalue weighted by atomic mass is 10.1. The highest BCUT2D eigenvalue weighted by molar-refractivity contribution is 5.85. The number of aromatic nitrogens is 1. The van der Waals surface area contributed by atoms with Crippen molar-refractivity contribution in [3.63, 3.8) is 0 Å². The Morgan fingerprint density at radius 1 is 1.36 bits per heavy atom. The van der Waals surface area contributed by atoms with Crippen LogP contribution in [0.2, 0.25) is 0 Å². The van der Waals surface area contributed by atoms with Gasteiger partial charge in [0.2, 0.25) is 0 Å². The van der Waals surface area contributed by atoms with E-state index in [0.29, 0.717) is 0 Å². The van der Waals surface area contributed by atoms with Crippen LogP contribution in [-0.4, -0.2) is 4.98 Å². The Bertz CT molecular complexity index is 527. The van der Waals surface area contributed by atoms with Gasteiger partial charge in [-0.2, -0.15) is 5.26 Å². The van der Waals surface area contributed by atoms with Gasteiger partial charge >= 0.3 is 0 Å². The molecule has 0 unspecified atom stereocenters. The van der Waals surface area contributed by atoms with Crippen LogP contribution < -0.4 is 0 Å². The molecule has 0 bridgehead atoms. The van der Waals surface area contributed by atoms with Crippen molar-refractivity contribution in [1.82, 2.24) is 4.98 Å². The van der Waals surface area contributed by atoms with Crippen molar-refractivity contribution in [3.05, 3.63) is 35.5 Å². The fourth-order valence-corrected chi connectivity index (χ4v) is 1.94. The summed E-state index contributed by atoms with van der Waals surface area (Å²) in [4.78, 5) is 3.25. The third kappa shape index (κ3) is 1.03. The van der Waals surface area contributed by atoms with Gasteiger partial charge in [0.15, 0.2) is 0 Å². The number of fused-ring (bicyclic) bond motifs is 1. The zero-order valence-corrected chi connectivity index (χ0v) is 7.75. The van der Waals surface area contributed by atoms with Crippen LogP contribution in [-0.2, 0) is 0 Å². The molecule has 14 heavy (non-hydrogen) atoms. The van der Waals surface area contributed by atoms with E-state index in [0.717, 1.165) is 17.0 Å². The number of benzene rings is 1. The molecule has 1 aromatic heterocycles. The lowest BCUT2D eigenvalue weighted by molar-refractivity contribution is 1.15. The summed E-state index contributed by atoms with van der Waals surface area (Å²) in [6.07, 6.45) is 4.68. The molecule has 1 aliphatic rings. The molecule has 1 aromatic carbocycles. The van der Waals surface area contributed by atoms with Crippen molar-refractivity contribution in [3.8, 4) is 6.07 Å². The Kier molecular flexibility index (Phi) is 1.43. The summed E-state index contributed by atoms with van der Waals surface area (Å²) in [6.45, 7) is 0. The molecule has 1 heterocycles. The Balaban J connectivity index is 2.27. The number of hydrogen-bond donors (Lipinski definition) is 1. The second kappa shape index (κ2) is 2.62. The number of aromatic amines is 1. The number of hydrogen-bond acceptors (Lipinski definition) is 1. The van der Waals surface area contributed by atoms with E-state index in [1.165, 1.54) is 23.8 Å². The summed E-state index contributed by atoms with van der Waals surface area (Å²) < 4.78 is 0. The number of nitrogens with zero attached hydrogens (tertiary/aromatic N) is 1. The maximum atomic E-state index is 8.82. The third-order valence-corrected chi connectivity index (χ3v) is 2.86. The van der Waals surface area contributed by atoms with Crippen molar-refractivity contribution in [2.45, 2.75) is 18.8 Å². The van der Waals surface area contributed by atoms with Crippen molar-refractivity contribution >= 4 is 10.9 Å². The summed E-state index contributed by atoms with van der Waals surface area (Å²) in [5.74, 6) is 0.734. The average molecular weight is 182 g/mol. The molecule has 1 saturated carbocycles. The van der Waals surface area contributed by atoms with Gasteiger partial charge in [-0.1, -0.05) is 0 Å². The van der Waals surface area contributed by atoms with Crippen LogP contribution in [0.1, 0.15) is 29.9 Å². The number of nitrogens with one attached hydrogen (secondary N) is 1. The van der Waals surface area contributed by atoms with Crippen molar-refractivity contribution in [2.24, 2.45) is 0 Å². The summed E-state index contributed by atoms with van der Waals surface area (Å²) in [5, 5.41) is 10.0. The Hall–Kier alpha value is -1.75. The fraction of sp³-hybridized carbons (Fsp3) is 0.250. The Labute approximate surface area is 82.2 Å². The van der Waals surface area contributed by atoms with Crippen molar-refractivity contribution in [2.75, 3.05) is 0 Å². The van der Waals surface area contributed by atoms with Gasteiger partial charge < -0.3 is 4.98 Å². The van der Waals surface area contributed by atoms with E-state index in [2.05, 4.69) is 17.3 Å². The first-order valence-electron chi connectivity index (χ1n) is 4.89. The molecule has 1 N–H and O–H groups in total. The molecule has 0 radical (unpaired) electrons. The van der Waals surface area contributed by atoms with Crippen LogP contribution in [0.15, 0.2) is 24.4 Å². The molecule has 2 nitrogen and oxygen atoms in total. The SMILES string of the molecule is N#Cc1ccc2[nH]cc(C3CC3)c2c1. The zero-order valence-electron chi connectivity index (χ0n) is 7.75. The smallest absolute Gasteiger partial charge is 0.0991 e. The molecule has 1 aliphatic carbocycles. The maximum Gasteiger partial charge on any atom is 0.0991 e. The summed E-state index contributed by atoms with van der Waals surface area (Å²) >= 11 is 0. The van der Waals surface area contributed by atoms with E-state index in [-0.39, 0.29) is 0 Å². The van der Waals surface area contributed by atoms with Gasteiger partial charge in [-0.25, -0.2) is 0 Å². The Morgan fingerprint density at radius 3 is 2.93 bits per heavy atom. The van der Waals surface area contributed by atoms with Crippen LogP contribution in [0.5, 0.6) is 0 Å².